The molecule has 1 amide bonds. The quantitative estimate of drug-likeness (QED) is 0.862. The summed E-state index contributed by atoms with van der Waals surface area (Å²) in [5.41, 5.74) is 2.30. The van der Waals surface area contributed by atoms with Crippen LogP contribution in [-0.4, -0.2) is 49.1 Å². The van der Waals surface area contributed by atoms with Gasteiger partial charge in [-0.15, -0.1) is 0 Å². The van der Waals surface area contributed by atoms with E-state index in [1.54, 1.807) is 12.1 Å². The number of nitrogens with zero attached hydrogens (tertiary/aromatic N) is 1. The topological polar surface area (TPSA) is 91.8 Å². The summed E-state index contributed by atoms with van der Waals surface area (Å²) in [6.07, 6.45) is 3.28. The van der Waals surface area contributed by atoms with Crippen molar-refractivity contribution in [1.29, 1.82) is 0 Å². The van der Waals surface area contributed by atoms with Gasteiger partial charge in [0.15, 0.2) is 9.84 Å². The molecule has 130 valence electrons. The number of benzene rings is 1. The molecule has 1 aliphatic carbocycles. The monoisotopic (exact) mass is 351 g/mol. The summed E-state index contributed by atoms with van der Waals surface area (Å²) in [6.45, 7) is 0.557. The molecular formula is C17H21NO5S. The van der Waals surface area contributed by atoms with Gasteiger partial charge in [0.05, 0.1) is 16.6 Å². The molecule has 0 unspecified atom stereocenters. The number of hydrogen-bond acceptors (Lipinski definition) is 4. The second-order valence-electron chi connectivity index (χ2n) is 6.52. The number of carbonyl (C=O) groups excluding carboxylic acids is 1. The van der Waals surface area contributed by atoms with Crippen LogP contribution in [0, 0.1) is 5.92 Å². The minimum Gasteiger partial charge on any atom is -0.481 e. The minimum absolute atomic E-state index is 0.105. The fraction of sp³-hybridized carbons (Fsp3) is 0.529. The first kappa shape index (κ1) is 17.0. The van der Waals surface area contributed by atoms with Crippen LogP contribution in [0.3, 0.4) is 0 Å². The SMILES string of the molecule is O=C(O)[C@@H]1CCN(C(=O)CCS(=O)(=O)c2ccc3c(c2)CCC3)C1. The molecule has 3 rings (SSSR count). The molecule has 0 bridgehead atoms. The molecule has 1 heterocycles. The second-order valence-corrected chi connectivity index (χ2v) is 8.63. The standard InChI is InChI=1S/C17H21NO5S/c19-16(18-8-6-14(11-18)17(20)21)7-9-24(22,23)15-5-4-12-2-1-3-13(12)10-15/h4-5,10,14H,1-3,6-9,11H2,(H,20,21)/t14-/m1/s1. The third-order valence-corrected chi connectivity index (χ3v) is 6.62. The van der Waals surface area contributed by atoms with E-state index in [0.29, 0.717) is 13.0 Å². The molecule has 0 saturated carbocycles. The van der Waals surface area contributed by atoms with E-state index >= 15 is 0 Å². The van der Waals surface area contributed by atoms with Gasteiger partial charge in [-0.3, -0.25) is 9.59 Å². The van der Waals surface area contributed by atoms with Crippen LogP contribution in [0.4, 0.5) is 0 Å². The van der Waals surface area contributed by atoms with Crippen molar-refractivity contribution in [3.05, 3.63) is 29.3 Å². The van der Waals surface area contributed by atoms with E-state index in [1.165, 1.54) is 10.5 Å². The lowest BCUT2D eigenvalue weighted by atomic mass is 10.1. The zero-order valence-corrected chi connectivity index (χ0v) is 14.2. The van der Waals surface area contributed by atoms with Crippen molar-refractivity contribution >= 4 is 21.7 Å². The Labute approximate surface area is 141 Å². The Morgan fingerprint density at radius 2 is 1.96 bits per heavy atom. The number of sulfone groups is 1. The highest BCUT2D eigenvalue weighted by Gasteiger charge is 2.31. The van der Waals surface area contributed by atoms with Gasteiger partial charge < -0.3 is 10.0 Å². The van der Waals surface area contributed by atoms with Crippen molar-refractivity contribution < 1.29 is 23.1 Å². The fourth-order valence-corrected chi connectivity index (χ4v) is 4.70. The lowest BCUT2D eigenvalue weighted by Gasteiger charge is -2.15. The molecule has 1 atom stereocenters. The van der Waals surface area contributed by atoms with Gasteiger partial charge in [0.2, 0.25) is 5.91 Å². The maximum Gasteiger partial charge on any atom is 0.308 e. The van der Waals surface area contributed by atoms with Crippen molar-refractivity contribution in [3.63, 3.8) is 0 Å². The first-order valence-corrected chi connectivity index (χ1v) is 9.87. The number of fused-ring (bicyclic) bond motifs is 1. The molecule has 0 radical (unpaired) electrons. The van der Waals surface area contributed by atoms with Gasteiger partial charge in [-0.05, 0) is 48.9 Å². The summed E-state index contributed by atoms with van der Waals surface area (Å²) < 4.78 is 24.9. The van der Waals surface area contributed by atoms with Gasteiger partial charge >= 0.3 is 5.97 Å². The third kappa shape index (κ3) is 3.45. The third-order valence-electron chi connectivity index (χ3n) is 4.90. The molecule has 2 aliphatic rings. The van der Waals surface area contributed by atoms with Gasteiger partial charge in [-0.2, -0.15) is 0 Å². The van der Waals surface area contributed by atoms with E-state index in [2.05, 4.69) is 0 Å². The lowest BCUT2D eigenvalue weighted by molar-refractivity contribution is -0.141. The highest BCUT2D eigenvalue weighted by molar-refractivity contribution is 7.91. The first-order chi connectivity index (χ1) is 11.4. The molecule has 1 aromatic carbocycles. The average molecular weight is 351 g/mol. The van der Waals surface area contributed by atoms with E-state index < -0.39 is 21.7 Å². The summed E-state index contributed by atoms with van der Waals surface area (Å²) in [4.78, 5) is 24.8. The number of hydrogen-bond donors (Lipinski definition) is 1. The molecular weight excluding hydrogens is 330 g/mol. The predicted octanol–water partition coefficient (Wildman–Crippen LogP) is 1.27. The fourth-order valence-electron chi connectivity index (χ4n) is 3.43. The van der Waals surface area contributed by atoms with Gasteiger partial charge in [0, 0.05) is 19.5 Å². The number of carboxylic acids is 1. The number of carbonyl (C=O) groups is 2. The Morgan fingerprint density at radius 1 is 1.21 bits per heavy atom. The maximum atomic E-state index is 12.5. The molecule has 1 N–H and O–H groups in total. The van der Waals surface area contributed by atoms with E-state index in [9.17, 15) is 18.0 Å². The normalized spacial score (nSPS) is 20.2. The molecule has 7 heteroatoms. The zero-order chi connectivity index (χ0) is 17.3. The van der Waals surface area contributed by atoms with Gasteiger partial charge in [0.25, 0.3) is 0 Å². The van der Waals surface area contributed by atoms with Crippen LogP contribution in [0.2, 0.25) is 0 Å². The van der Waals surface area contributed by atoms with Crippen molar-refractivity contribution in [1.82, 2.24) is 4.90 Å². The Hall–Kier alpha value is -1.89. The van der Waals surface area contributed by atoms with E-state index in [-0.39, 0.29) is 29.5 Å². The predicted molar refractivity (Wildman–Crippen MR) is 87.5 cm³/mol. The van der Waals surface area contributed by atoms with Crippen molar-refractivity contribution in [2.75, 3.05) is 18.8 Å². The Kier molecular flexibility index (Phi) is 4.62. The summed E-state index contributed by atoms with van der Waals surface area (Å²) in [6, 6.07) is 5.23. The Bertz CT molecular complexity index is 771. The van der Waals surface area contributed by atoms with E-state index in [4.69, 9.17) is 5.11 Å². The Balaban J connectivity index is 1.61. The van der Waals surface area contributed by atoms with Crippen LogP contribution in [0.1, 0.15) is 30.4 Å². The molecule has 24 heavy (non-hydrogen) atoms. The van der Waals surface area contributed by atoms with Crippen LogP contribution in [0.5, 0.6) is 0 Å². The maximum absolute atomic E-state index is 12.5. The number of amides is 1. The number of likely N-dealkylation sites (tertiary alicyclic amines) is 1. The van der Waals surface area contributed by atoms with E-state index in [0.717, 1.165) is 24.8 Å². The van der Waals surface area contributed by atoms with Crippen molar-refractivity contribution in [3.8, 4) is 0 Å². The number of aryl methyl sites for hydroxylation is 2. The largest absolute Gasteiger partial charge is 0.481 e. The molecule has 1 fully saturated rings. The smallest absolute Gasteiger partial charge is 0.308 e. The second kappa shape index (κ2) is 6.55. The van der Waals surface area contributed by atoms with Crippen LogP contribution in [0.15, 0.2) is 23.1 Å². The Morgan fingerprint density at radius 3 is 2.67 bits per heavy atom. The van der Waals surface area contributed by atoms with E-state index in [1.807, 2.05) is 6.07 Å². The minimum atomic E-state index is -3.50. The van der Waals surface area contributed by atoms with Gasteiger partial charge in [-0.25, -0.2) is 8.42 Å². The number of carboxylic acid groups (broad SMARTS) is 1. The molecule has 6 nitrogen and oxygen atoms in total. The summed E-state index contributed by atoms with van der Waals surface area (Å²) in [7, 11) is -3.50. The van der Waals surface area contributed by atoms with Crippen molar-refractivity contribution in [2.45, 2.75) is 37.0 Å². The van der Waals surface area contributed by atoms with Crippen molar-refractivity contribution in [2.24, 2.45) is 5.92 Å². The number of rotatable bonds is 5. The first-order valence-electron chi connectivity index (χ1n) is 8.22. The number of aliphatic carboxylic acids is 1. The highest BCUT2D eigenvalue weighted by Crippen LogP contribution is 2.25. The summed E-state index contributed by atoms with van der Waals surface area (Å²) >= 11 is 0. The lowest BCUT2D eigenvalue weighted by Crippen LogP contribution is -2.31. The van der Waals surface area contributed by atoms with Crippen LogP contribution in [-0.2, 0) is 32.3 Å². The molecule has 1 saturated heterocycles. The van der Waals surface area contributed by atoms with Gasteiger partial charge in [-0.1, -0.05) is 6.07 Å². The average Bonchev–Trinajstić information content (AvgIpc) is 3.20. The zero-order valence-electron chi connectivity index (χ0n) is 13.4. The van der Waals surface area contributed by atoms with Crippen LogP contribution < -0.4 is 0 Å². The molecule has 1 aliphatic heterocycles. The molecule has 0 aromatic heterocycles. The highest BCUT2D eigenvalue weighted by atomic mass is 32.2. The summed E-state index contributed by atoms with van der Waals surface area (Å²) in [5.74, 6) is -1.97. The molecule has 1 aromatic rings. The molecule has 0 spiro atoms. The van der Waals surface area contributed by atoms with Crippen LogP contribution >= 0.6 is 0 Å². The van der Waals surface area contributed by atoms with Gasteiger partial charge in [0.1, 0.15) is 0 Å². The van der Waals surface area contributed by atoms with Crippen LogP contribution in [0.25, 0.3) is 0 Å². The summed E-state index contributed by atoms with van der Waals surface area (Å²) in [5, 5.41) is 8.96.